The number of aryl methyl sites for hydroxylation is 2. The SMILES string of the molecule is Cc1cc(C)c(C)c(S(=O)(=O)Nc2ccccc2C(=O)NCCc2ccccc2)c1C. The molecule has 0 radical (unpaired) electrons. The predicted octanol–water partition coefficient (Wildman–Crippen LogP) is 4.69. The molecule has 0 bridgehead atoms. The highest BCUT2D eigenvalue weighted by molar-refractivity contribution is 7.92. The zero-order chi connectivity index (χ0) is 22.6. The topological polar surface area (TPSA) is 75.3 Å². The van der Waals surface area contributed by atoms with Crippen molar-refractivity contribution in [3.05, 3.63) is 94.0 Å². The first-order chi connectivity index (χ1) is 14.7. The second-order valence-electron chi connectivity index (χ2n) is 7.73. The van der Waals surface area contributed by atoms with Gasteiger partial charge in [-0.1, -0.05) is 48.5 Å². The van der Waals surface area contributed by atoms with Crippen molar-refractivity contribution in [2.45, 2.75) is 39.0 Å². The summed E-state index contributed by atoms with van der Waals surface area (Å²) < 4.78 is 29.2. The lowest BCUT2D eigenvalue weighted by Gasteiger charge is -2.18. The van der Waals surface area contributed by atoms with E-state index in [0.29, 0.717) is 29.7 Å². The first-order valence-corrected chi connectivity index (χ1v) is 11.7. The van der Waals surface area contributed by atoms with Crippen LogP contribution in [0.1, 0.15) is 38.2 Å². The fourth-order valence-electron chi connectivity index (χ4n) is 3.61. The Hall–Kier alpha value is -3.12. The van der Waals surface area contributed by atoms with Gasteiger partial charge in [-0.15, -0.1) is 0 Å². The first kappa shape index (κ1) is 22.6. The van der Waals surface area contributed by atoms with Crippen LogP contribution in [0.2, 0.25) is 0 Å². The largest absolute Gasteiger partial charge is 0.352 e. The van der Waals surface area contributed by atoms with Gasteiger partial charge in [-0.25, -0.2) is 8.42 Å². The summed E-state index contributed by atoms with van der Waals surface area (Å²) in [6, 6.07) is 18.5. The molecule has 162 valence electrons. The summed E-state index contributed by atoms with van der Waals surface area (Å²) in [5, 5.41) is 2.88. The van der Waals surface area contributed by atoms with E-state index in [-0.39, 0.29) is 16.5 Å². The van der Waals surface area contributed by atoms with Crippen molar-refractivity contribution in [3.63, 3.8) is 0 Å². The van der Waals surface area contributed by atoms with Gasteiger partial charge >= 0.3 is 0 Å². The number of para-hydroxylation sites is 1. The highest BCUT2D eigenvalue weighted by Crippen LogP contribution is 2.28. The molecule has 0 spiro atoms. The van der Waals surface area contributed by atoms with Crippen LogP contribution < -0.4 is 10.0 Å². The standard InChI is InChI=1S/C25H28N2O3S/c1-17-16-18(2)20(4)24(19(17)3)31(29,30)27-23-13-9-8-12-22(23)25(28)26-15-14-21-10-6-5-7-11-21/h5-13,16,27H,14-15H2,1-4H3,(H,26,28). The van der Waals surface area contributed by atoms with E-state index in [1.54, 1.807) is 38.1 Å². The van der Waals surface area contributed by atoms with Gasteiger partial charge in [0, 0.05) is 6.54 Å². The van der Waals surface area contributed by atoms with Crippen LogP contribution in [0.15, 0.2) is 65.6 Å². The summed E-state index contributed by atoms with van der Waals surface area (Å²) in [5.74, 6) is -0.317. The average molecular weight is 437 g/mol. The third kappa shape index (κ3) is 5.14. The van der Waals surface area contributed by atoms with Crippen LogP contribution in [0, 0.1) is 27.7 Å². The van der Waals surface area contributed by atoms with E-state index >= 15 is 0 Å². The normalized spacial score (nSPS) is 11.2. The van der Waals surface area contributed by atoms with Crippen molar-refractivity contribution in [1.29, 1.82) is 0 Å². The molecule has 3 aromatic carbocycles. The van der Waals surface area contributed by atoms with Crippen molar-refractivity contribution in [1.82, 2.24) is 5.32 Å². The minimum absolute atomic E-state index is 0.262. The van der Waals surface area contributed by atoms with Gasteiger partial charge in [0.15, 0.2) is 0 Å². The number of nitrogens with one attached hydrogen (secondary N) is 2. The van der Waals surface area contributed by atoms with Crippen molar-refractivity contribution in [3.8, 4) is 0 Å². The van der Waals surface area contributed by atoms with Crippen molar-refractivity contribution >= 4 is 21.6 Å². The van der Waals surface area contributed by atoms with Gasteiger partial charge < -0.3 is 5.32 Å². The Morgan fingerprint density at radius 2 is 1.42 bits per heavy atom. The molecule has 0 saturated heterocycles. The van der Waals surface area contributed by atoms with Gasteiger partial charge in [0.2, 0.25) is 0 Å². The number of rotatable bonds is 7. The van der Waals surface area contributed by atoms with Crippen molar-refractivity contribution in [2.24, 2.45) is 0 Å². The van der Waals surface area contributed by atoms with Crippen LogP contribution in [-0.4, -0.2) is 20.9 Å². The molecule has 0 fully saturated rings. The maximum absolute atomic E-state index is 13.3. The summed E-state index contributed by atoms with van der Waals surface area (Å²) in [7, 11) is -3.87. The molecule has 2 N–H and O–H groups in total. The maximum atomic E-state index is 13.3. The van der Waals surface area contributed by atoms with Gasteiger partial charge in [0.1, 0.15) is 0 Å². The minimum atomic E-state index is -3.87. The smallest absolute Gasteiger partial charge is 0.262 e. The van der Waals surface area contributed by atoms with E-state index in [2.05, 4.69) is 10.0 Å². The zero-order valence-corrected chi connectivity index (χ0v) is 19.1. The second kappa shape index (κ2) is 9.35. The van der Waals surface area contributed by atoms with E-state index < -0.39 is 10.0 Å². The summed E-state index contributed by atoms with van der Waals surface area (Å²) in [6.45, 7) is 7.86. The van der Waals surface area contributed by atoms with Gasteiger partial charge in [0.25, 0.3) is 15.9 Å². The Labute approximate surface area is 184 Å². The molecule has 1 amide bonds. The quantitative estimate of drug-likeness (QED) is 0.564. The summed E-state index contributed by atoms with van der Waals surface area (Å²) in [5.41, 5.74) is 4.92. The van der Waals surface area contributed by atoms with Crippen LogP contribution in [-0.2, 0) is 16.4 Å². The van der Waals surface area contributed by atoms with Crippen LogP contribution in [0.5, 0.6) is 0 Å². The summed E-state index contributed by atoms with van der Waals surface area (Å²) in [4.78, 5) is 13.0. The number of sulfonamides is 1. The first-order valence-electron chi connectivity index (χ1n) is 10.2. The summed E-state index contributed by atoms with van der Waals surface area (Å²) >= 11 is 0. The Morgan fingerprint density at radius 3 is 2.06 bits per heavy atom. The van der Waals surface area contributed by atoms with Crippen molar-refractivity contribution in [2.75, 3.05) is 11.3 Å². The number of benzene rings is 3. The average Bonchev–Trinajstić information content (AvgIpc) is 2.73. The van der Waals surface area contributed by atoms with Crippen molar-refractivity contribution < 1.29 is 13.2 Å². The van der Waals surface area contributed by atoms with Gasteiger partial charge in [-0.05, 0) is 74.1 Å². The molecular weight excluding hydrogens is 408 g/mol. The van der Waals surface area contributed by atoms with Crippen LogP contribution >= 0.6 is 0 Å². The molecule has 0 atom stereocenters. The number of carbonyl (C=O) groups excluding carboxylic acids is 1. The number of carbonyl (C=O) groups is 1. The Kier molecular flexibility index (Phi) is 6.81. The molecular formula is C25H28N2O3S. The van der Waals surface area contributed by atoms with E-state index in [1.165, 1.54) is 0 Å². The molecule has 5 nitrogen and oxygen atoms in total. The van der Waals surface area contributed by atoms with E-state index in [1.807, 2.05) is 50.2 Å². The fraction of sp³-hybridized carbons (Fsp3) is 0.240. The molecule has 0 unspecified atom stereocenters. The third-order valence-electron chi connectivity index (χ3n) is 5.52. The third-order valence-corrected chi connectivity index (χ3v) is 7.16. The lowest BCUT2D eigenvalue weighted by atomic mass is 10.0. The lowest BCUT2D eigenvalue weighted by Crippen LogP contribution is -2.27. The van der Waals surface area contributed by atoms with Gasteiger partial charge in [-0.3, -0.25) is 9.52 Å². The monoisotopic (exact) mass is 436 g/mol. The molecule has 0 aliphatic rings. The molecule has 0 saturated carbocycles. The lowest BCUT2D eigenvalue weighted by molar-refractivity contribution is 0.0955. The predicted molar refractivity (Wildman–Crippen MR) is 125 cm³/mol. The van der Waals surface area contributed by atoms with Crippen LogP contribution in [0.25, 0.3) is 0 Å². The highest BCUT2D eigenvalue weighted by Gasteiger charge is 2.24. The molecule has 3 rings (SSSR count). The van der Waals surface area contributed by atoms with E-state index in [4.69, 9.17) is 0 Å². The molecule has 6 heteroatoms. The van der Waals surface area contributed by atoms with Crippen LogP contribution in [0.3, 0.4) is 0 Å². The van der Waals surface area contributed by atoms with Gasteiger partial charge in [0.05, 0.1) is 16.1 Å². The molecule has 3 aromatic rings. The Morgan fingerprint density at radius 1 is 0.839 bits per heavy atom. The molecule has 0 aliphatic heterocycles. The minimum Gasteiger partial charge on any atom is -0.352 e. The van der Waals surface area contributed by atoms with E-state index in [0.717, 1.165) is 16.7 Å². The zero-order valence-electron chi connectivity index (χ0n) is 18.3. The number of hydrogen-bond donors (Lipinski definition) is 2. The van der Waals surface area contributed by atoms with Crippen LogP contribution in [0.4, 0.5) is 5.69 Å². The highest BCUT2D eigenvalue weighted by atomic mass is 32.2. The fourth-order valence-corrected chi connectivity index (χ4v) is 5.31. The second-order valence-corrected chi connectivity index (χ2v) is 9.35. The number of anilines is 1. The maximum Gasteiger partial charge on any atom is 0.262 e. The molecule has 31 heavy (non-hydrogen) atoms. The van der Waals surface area contributed by atoms with E-state index in [9.17, 15) is 13.2 Å². The number of amides is 1. The molecule has 0 aromatic heterocycles. The molecule has 0 aliphatic carbocycles. The molecule has 0 heterocycles. The van der Waals surface area contributed by atoms with Gasteiger partial charge in [-0.2, -0.15) is 0 Å². The summed E-state index contributed by atoms with van der Waals surface area (Å²) in [6.07, 6.45) is 0.696. The number of hydrogen-bond acceptors (Lipinski definition) is 3. The Balaban J connectivity index is 1.83. The Bertz CT molecular complexity index is 1180.